The number of fused-ring (bicyclic) bond motifs is 2. The number of nitrogens with one attached hydrogen (secondary N) is 1. The molecule has 3 heterocycles. The number of rotatable bonds is 1. The average Bonchev–Trinajstić information content (AvgIpc) is 2.81. The summed E-state index contributed by atoms with van der Waals surface area (Å²) >= 11 is 0. The van der Waals surface area contributed by atoms with Crippen LogP contribution in [0.4, 0.5) is 0 Å². The summed E-state index contributed by atoms with van der Waals surface area (Å²) in [5.41, 5.74) is 0.937. The van der Waals surface area contributed by atoms with Gasteiger partial charge in [-0.1, -0.05) is 0 Å². The molecule has 0 radical (unpaired) electrons. The van der Waals surface area contributed by atoms with E-state index in [9.17, 15) is 4.79 Å². The Hall–Kier alpha value is -1.29. The summed E-state index contributed by atoms with van der Waals surface area (Å²) in [6.07, 6.45) is 4.91. The molecule has 2 atom stereocenters. The number of hydrogen-bond donors (Lipinski definition) is 1. The summed E-state index contributed by atoms with van der Waals surface area (Å²) in [6.45, 7) is 3.86. The molecule has 2 unspecified atom stereocenters. The Balaban J connectivity index is 1.88. The van der Waals surface area contributed by atoms with E-state index in [4.69, 9.17) is 4.42 Å². The van der Waals surface area contributed by atoms with Crippen LogP contribution in [-0.2, 0) is 0 Å². The second-order valence-electron chi connectivity index (χ2n) is 5.02. The highest BCUT2D eigenvalue weighted by Crippen LogP contribution is 2.30. The topological polar surface area (TPSA) is 45.5 Å². The molecule has 0 aromatic carbocycles. The van der Waals surface area contributed by atoms with E-state index in [2.05, 4.69) is 5.32 Å². The van der Waals surface area contributed by atoms with Gasteiger partial charge in [-0.15, -0.1) is 0 Å². The van der Waals surface area contributed by atoms with Crippen LogP contribution < -0.4 is 5.32 Å². The molecule has 92 valence electrons. The summed E-state index contributed by atoms with van der Waals surface area (Å²) in [7, 11) is 0. The quantitative estimate of drug-likeness (QED) is 0.802. The van der Waals surface area contributed by atoms with Crippen LogP contribution in [0, 0.1) is 6.92 Å². The molecule has 1 aromatic rings. The summed E-state index contributed by atoms with van der Waals surface area (Å²) in [4.78, 5) is 14.5. The minimum atomic E-state index is 0.0729. The minimum absolute atomic E-state index is 0.0729. The molecule has 1 aromatic heterocycles. The third-order valence-corrected chi connectivity index (χ3v) is 3.95. The van der Waals surface area contributed by atoms with Gasteiger partial charge >= 0.3 is 0 Å². The van der Waals surface area contributed by atoms with Crippen molar-refractivity contribution in [3.63, 3.8) is 0 Å². The predicted molar refractivity (Wildman–Crippen MR) is 63.9 cm³/mol. The molecule has 0 saturated carbocycles. The maximum absolute atomic E-state index is 12.5. The molecule has 0 aliphatic carbocycles. The van der Waals surface area contributed by atoms with Gasteiger partial charge in [0.2, 0.25) is 0 Å². The van der Waals surface area contributed by atoms with Crippen molar-refractivity contribution in [3.05, 3.63) is 23.7 Å². The third-order valence-electron chi connectivity index (χ3n) is 3.95. The van der Waals surface area contributed by atoms with E-state index in [-0.39, 0.29) is 5.91 Å². The van der Waals surface area contributed by atoms with Gasteiger partial charge in [0, 0.05) is 24.2 Å². The Labute approximate surface area is 101 Å². The van der Waals surface area contributed by atoms with Crippen LogP contribution in [0.2, 0.25) is 0 Å². The monoisotopic (exact) mass is 234 g/mol. The van der Waals surface area contributed by atoms with Gasteiger partial charge < -0.3 is 14.6 Å². The summed E-state index contributed by atoms with van der Waals surface area (Å²) in [5.74, 6) is 0.590. The fraction of sp³-hybridized carbons (Fsp3) is 0.615. The van der Waals surface area contributed by atoms with Crippen molar-refractivity contribution in [1.29, 1.82) is 0 Å². The molecule has 17 heavy (non-hydrogen) atoms. The zero-order valence-electron chi connectivity index (χ0n) is 10.1. The number of carbonyl (C=O) groups is 1. The van der Waals surface area contributed by atoms with Gasteiger partial charge in [0.1, 0.15) is 0 Å². The second kappa shape index (κ2) is 4.18. The zero-order valence-corrected chi connectivity index (χ0v) is 10.1. The molecular weight excluding hydrogens is 216 g/mol. The highest BCUT2D eigenvalue weighted by molar-refractivity contribution is 5.93. The van der Waals surface area contributed by atoms with Crippen LogP contribution in [0.5, 0.6) is 0 Å². The van der Waals surface area contributed by atoms with Gasteiger partial charge in [-0.25, -0.2) is 0 Å². The van der Waals surface area contributed by atoms with E-state index in [0.717, 1.165) is 37.9 Å². The maximum atomic E-state index is 12.5. The van der Waals surface area contributed by atoms with Crippen molar-refractivity contribution in [1.82, 2.24) is 10.2 Å². The van der Waals surface area contributed by atoms with Gasteiger partial charge in [-0.3, -0.25) is 4.79 Å². The summed E-state index contributed by atoms with van der Waals surface area (Å²) in [5, 5.41) is 3.40. The molecule has 4 nitrogen and oxygen atoms in total. The molecule has 1 amide bonds. The maximum Gasteiger partial charge on any atom is 0.290 e. The Kier molecular flexibility index (Phi) is 2.67. The van der Waals surface area contributed by atoms with Crippen molar-refractivity contribution in [2.75, 3.05) is 13.1 Å². The molecule has 1 N–H and O–H groups in total. The largest absolute Gasteiger partial charge is 0.459 e. The minimum Gasteiger partial charge on any atom is -0.459 e. The average molecular weight is 234 g/mol. The first-order valence-electron chi connectivity index (χ1n) is 6.35. The molecule has 2 bridgehead atoms. The van der Waals surface area contributed by atoms with Crippen LogP contribution in [-0.4, -0.2) is 36.0 Å². The number of carbonyl (C=O) groups excluding carboxylic acids is 1. The number of aryl methyl sites for hydroxylation is 1. The van der Waals surface area contributed by atoms with E-state index >= 15 is 0 Å². The normalized spacial score (nSPS) is 28.2. The van der Waals surface area contributed by atoms with Crippen molar-refractivity contribution >= 4 is 5.91 Å². The lowest BCUT2D eigenvalue weighted by atomic mass is 10.1. The molecular formula is C13H18N2O2. The first-order valence-corrected chi connectivity index (χ1v) is 6.35. The standard InChI is InChI=1S/C13H18N2O2/c1-9-5-7-17-12(9)13(16)15-10-2-3-11(15)8-14-6-4-10/h5,7,10-11,14H,2-4,6,8H2,1H3. The van der Waals surface area contributed by atoms with E-state index < -0.39 is 0 Å². The first kappa shape index (κ1) is 10.8. The molecule has 2 saturated heterocycles. The van der Waals surface area contributed by atoms with Gasteiger partial charge in [-0.05, 0) is 38.8 Å². The Morgan fingerprint density at radius 2 is 2.24 bits per heavy atom. The lowest BCUT2D eigenvalue weighted by Gasteiger charge is -2.27. The second-order valence-corrected chi connectivity index (χ2v) is 5.02. The fourth-order valence-electron chi connectivity index (χ4n) is 3.02. The van der Waals surface area contributed by atoms with Crippen molar-refractivity contribution in [3.8, 4) is 0 Å². The lowest BCUT2D eigenvalue weighted by molar-refractivity contribution is 0.0646. The predicted octanol–water partition coefficient (Wildman–Crippen LogP) is 1.55. The highest BCUT2D eigenvalue weighted by atomic mass is 16.3. The summed E-state index contributed by atoms with van der Waals surface area (Å²) < 4.78 is 5.33. The molecule has 2 fully saturated rings. The van der Waals surface area contributed by atoms with Gasteiger partial charge in [0.15, 0.2) is 5.76 Å². The van der Waals surface area contributed by atoms with Crippen LogP contribution in [0.1, 0.15) is 35.4 Å². The molecule has 2 aliphatic rings. The van der Waals surface area contributed by atoms with Crippen molar-refractivity contribution < 1.29 is 9.21 Å². The molecule has 2 aliphatic heterocycles. The Morgan fingerprint density at radius 1 is 1.41 bits per heavy atom. The van der Waals surface area contributed by atoms with E-state index in [0.29, 0.717) is 17.8 Å². The zero-order chi connectivity index (χ0) is 11.8. The van der Waals surface area contributed by atoms with Crippen LogP contribution in [0.25, 0.3) is 0 Å². The number of nitrogens with zero attached hydrogens (tertiary/aromatic N) is 1. The van der Waals surface area contributed by atoms with Gasteiger partial charge in [0.25, 0.3) is 5.91 Å². The van der Waals surface area contributed by atoms with Crippen molar-refractivity contribution in [2.24, 2.45) is 0 Å². The Morgan fingerprint density at radius 3 is 3.00 bits per heavy atom. The first-order chi connectivity index (χ1) is 8.27. The Bertz CT molecular complexity index is 413. The highest BCUT2D eigenvalue weighted by Gasteiger charge is 2.39. The third kappa shape index (κ3) is 1.76. The summed E-state index contributed by atoms with van der Waals surface area (Å²) in [6, 6.07) is 2.59. The van der Waals surface area contributed by atoms with Gasteiger partial charge in [-0.2, -0.15) is 0 Å². The van der Waals surface area contributed by atoms with E-state index in [1.165, 1.54) is 0 Å². The van der Waals surface area contributed by atoms with Crippen LogP contribution in [0.15, 0.2) is 16.7 Å². The lowest BCUT2D eigenvalue weighted by Crippen LogP contribution is -2.42. The molecule has 4 heteroatoms. The van der Waals surface area contributed by atoms with Crippen LogP contribution >= 0.6 is 0 Å². The SMILES string of the molecule is Cc1ccoc1C(=O)N1C2CCNCC1CC2. The smallest absolute Gasteiger partial charge is 0.290 e. The van der Waals surface area contributed by atoms with Crippen molar-refractivity contribution in [2.45, 2.75) is 38.3 Å². The number of amides is 1. The fourth-order valence-corrected chi connectivity index (χ4v) is 3.02. The molecule has 3 rings (SSSR count). The van der Waals surface area contributed by atoms with Crippen LogP contribution in [0.3, 0.4) is 0 Å². The number of furan rings is 1. The molecule has 0 spiro atoms. The van der Waals surface area contributed by atoms with E-state index in [1.807, 2.05) is 17.9 Å². The van der Waals surface area contributed by atoms with E-state index in [1.54, 1.807) is 6.26 Å². The van der Waals surface area contributed by atoms with Gasteiger partial charge in [0.05, 0.1) is 6.26 Å². The number of hydrogen-bond acceptors (Lipinski definition) is 3.